The Hall–Kier alpha value is -1.69. The number of aliphatic hydroxyl groups is 1. The molecule has 0 fully saturated rings. The van der Waals surface area contributed by atoms with Gasteiger partial charge in [0, 0.05) is 24.8 Å². The lowest BCUT2D eigenvalue weighted by Crippen LogP contribution is -2.37. The molecule has 1 aromatic rings. The molecule has 100 valence electrons. The van der Waals surface area contributed by atoms with E-state index in [2.05, 4.69) is 18.8 Å². The van der Waals surface area contributed by atoms with Crippen LogP contribution in [0.3, 0.4) is 0 Å². The van der Waals surface area contributed by atoms with E-state index in [0.29, 0.717) is 12.4 Å². The maximum absolute atomic E-state index is 10.8. The Balaban J connectivity index is 3.04. The molecule has 0 bridgehead atoms. The molecule has 0 aliphatic rings. The van der Waals surface area contributed by atoms with Gasteiger partial charge in [0.15, 0.2) is 0 Å². The third-order valence-electron chi connectivity index (χ3n) is 2.96. The fourth-order valence-electron chi connectivity index (χ4n) is 2.00. The summed E-state index contributed by atoms with van der Waals surface area (Å²) in [6, 6.07) is 3.05. The lowest BCUT2D eigenvalue weighted by molar-refractivity contribution is -0.384. The van der Waals surface area contributed by atoms with Gasteiger partial charge in [-0.2, -0.15) is 0 Å². The molecule has 0 aromatic carbocycles. The van der Waals surface area contributed by atoms with Crippen LogP contribution in [0.15, 0.2) is 18.3 Å². The first-order valence-electron chi connectivity index (χ1n) is 6.11. The summed E-state index contributed by atoms with van der Waals surface area (Å²) in [5.41, 5.74) is 0.0221. The van der Waals surface area contributed by atoms with Crippen LogP contribution in [0.1, 0.15) is 26.7 Å². The van der Waals surface area contributed by atoms with E-state index < -0.39 is 4.92 Å². The second-order valence-electron chi connectivity index (χ2n) is 4.02. The van der Waals surface area contributed by atoms with Gasteiger partial charge in [-0.05, 0) is 12.8 Å². The first-order valence-corrected chi connectivity index (χ1v) is 6.11. The van der Waals surface area contributed by atoms with E-state index in [9.17, 15) is 10.1 Å². The molecule has 1 N–H and O–H groups in total. The Morgan fingerprint density at radius 2 is 2.17 bits per heavy atom. The van der Waals surface area contributed by atoms with Crippen LogP contribution in [0.5, 0.6) is 0 Å². The second-order valence-corrected chi connectivity index (χ2v) is 4.02. The largest absolute Gasteiger partial charge is 0.395 e. The monoisotopic (exact) mass is 253 g/mol. The Bertz CT molecular complexity index is 394. The summed E-state index contributed by atoms with van der Waals surface area (Å²) in [6.45, 7) is 4.53. The van der Waals surface area contributed by atoms with Gasteiger partial charge in [0.2, 0.25) is 0 Å². The van der Waals surface area contributed by atoms with E-state index in [1.165, 1.54) is 18.3 Å². The molecule has 6 heteroatoms. The van der Waals surface area contributed by atoms with Crippen LogP contribution in [0.2, 0.25) is 0 Å². The van der Waals surface area contributed by atoms with Crippen LogP contribution in [0.25, 0.3) is 0 Å². The number of pyridine rings is 1. The number of aromatic nitrogens is 1. The van der Waals surface area contributed by atoms with Crippen molar-refractivity contribution in [1.82, 2.24) is 4.98 Å². The standard InChI is InChI=1S/C12H19N3O3/c1-3-10(4-2)14(7-8-16)12-9-11(15(17)18)5-6-13-12/h5-6,9-10,16H,3-4,7-8H2,1-2H3. The molecule has 0 radical (unpaired) electrons. The molecule has 1 aromatic heterocycles. The van der Waals surface area contributed by atoms with Crippen LogP contribution in [0.4, 0.5) is 11.5 Å². The summed E-state index contributed by atoms with van der Waals surface area (Å²) < 4.78 is 0. The van der Waals surface area contributed by atoms with E-state index in [1.807, 2.05) is 4.90 Å². The quantitative estimate of drug-likeness (QED) is 0.593. The molecule has 0 amide bonds. The zero-order chi connectivity index (χ0) is 13.5. The highest BCUT2D eigenvalue weighted by atomic mass is 16.6. The van der Waals surface area contributed by atoms with Gasteiger partial charge in [-0.3, -0.25) is 10.1 Å². The molecule has 1 heterocycles. The minimum Gasteiger partial charge on any atom is -0.395 e. The van der Waals surface area contributed by atoms with E-state index in [-0.39, 0.29) is 18.3 Å². The lowest BCUT2D eigenvalue weighted by Gasteiger charge is -2.30. The van der Waals surface area contributed by atoms with Crippen molar-refractivity contribution in [1.29, 1.82) is 0 Å². The fourth-order valence-corrected chi connectivity index (χ4v) is 2.00. The molecular formula is C12H19N3O3. The third kappa shape index (κ3) is 3.40. The molecule has 0 aliphatic heterocycles. The van der Waals surface area contributed by atoms with Gasteiger partial charge in [-0.25, -0.2) is 4.98 Å². The summed E-state index contributed by atoms with van der Waals surface area (Å²) in [6.07, 6.45) is 3.24. The fraction of sp³-hybridized carbons (Fsp3) is 0.583. The number of anilines is 1. The zero-order valence-corrected chi connectivity index (χ0v) is 10.7. The number of nitro groups is 1. The highest BCUT2D eigenvalue weighted by Gasteiger charge is 2.18. The van der Waals surface area contributed by atoms with Gasteiger partial charge in [0.1, 0.15) is 5.82 Å². The number of rotatable bonds is 7. The smallest absolute Gasteiger partial charge is 0.274 e. The summed E-state index contributed by atoms with van der Waals surface area (Å²) in [7, 11) is 0. The maximum Gasteiger partial charge on any atom is 0.274 e. The van der Waals surface area contributed by atoms with Crippen molar-refractivity contribution in [3.8, 4) is 0 Å². The van der Waals surface area contributed by atoms with Gasteiger partial charge in [0.25, 0.3) is 5.69 Å². The van der Waals surface area contributed by atoms with Gasteiger partial charge >= 0.3 is 0 Å². The first-order chi connectivity index (χ1) is 8.63. The van der Waals surface area contributed by atoms with Gasteiger partial charge < -0.3 is 10.0 Å². The minimum atomic E-state index is -0.435. The molecule has 18 heavy (non-hydrogen) atoms. The van der Waals surface area contributed by atoms with Crippen LogP contribution >= 0.6 is 0 Å². The maximum atomic E-state index is 10.8. The van der Waals surface area contributed by atoms with Crippen LogP contribution < -0.4 is 4.90 Å². The summed E-state index contributed by atoms with van der Waals surface area (Å²) in [5, 5.41) is 19.9. The Morgan fingerprint density at radius 1 is 1.50 bits per heavy atom. The molecule has 0 saturated carbocycles. The molecule has 0 aliphatic carbocycles. The van der Waals surface area contributed by atoms with E-state index in [1.54, 1.807) is 0 Å². The highest BCUT2D eigenvalue weighted by Crippen LogP contribution is 2.22. The summed E-state index contributed by atoms with van der Waals surface area (Å²) in [4.78, 5) is 16.4. The SMILES string of the molecule is CCC(CC)N(CCO)c1cc([N+](=O)[O-])ccn1. The van der Waals surface area contributed by atoms with Gasteiger partial charge in [-0.1, -0.05) is 13.8 Å². The topological polar surface area (TPSA) is 79.5 Å². The molecule has 0 atom stereocenters. The number of nitrogens with zero attached hydrogens (tertiary/aromatic N) is 3. The Kier molecular flexibility index (Phi) is 5.51. The predicted octanol–water partition coefficient (Wildman–Crippen LogP) is 1.98. The van der Waals surface area contributed by atoms with Crippen molar-refractivity contribution >= 4 is 11.5 Å². The minimum absolute atomic E-state index is 0.000865. The van der Waals surface area contributed by atoms with E-state index >= 15 is 0 Å². The average molecular weight is 253 g/mol. The predicted molar refractivity (Wildman–Crippen MR) is 69.7 cm³/mol. The number of hydrogen-bond donors (Lipinski definition) is 1. The first kappa shape index (κ1) is 14.4. The molecular weight excluding hydrogens is 234 g/mol. The number of aliphatic hydroxyl groups excluding tert-OH is 1. The average Bonchev–Trinajstić information content (AvgIpc) is 2.39. The van der Waals surface area contributed by atoms with Gasteiger partial charge in [0.05, 0.1) is 17.6 Å². The Labute approximate surface area is 106 Å². The van der Waals surface area contributed by atoms with E-state index in [4.69, 9.17) is 5.11 Å². The zero-order valence-electron chi connectivity index (χ0n) is 10.7. The van der Waals surface area contributed by atoms with E-state index in [0.717, 1.165) is 12.8 Å². The molecule has 0 saturated heterocycles. The molecule has 0 unspecified atom stereocenters. The van der Waals surface area contributed by atoms with Crippen molar-refractivity contribution in [2.75, 3.05) is 18.1 Å². The van der Waals surface area contributed by atoms with Crippen molar-refractivity contribution in [3.63, 3.8) is 0 Å². The van der Waals surface area contributed by atoms with Crippen molar-refractivity contribution in [2.24, 2.45) is 0 Å². The summed E-state index contributed by atoms with van der Waals surface area (Å²) in [5.74, 6) is 0.548. The Morgan fingerprint density at radius 3 is 2.67 bits per heavy atom. The molecule has 0 spiro atoms. The number of hydrogen-bond acceptors (Lipinski definition) is 5. The van der Waals surface area contributed by atoms with Crippen LogP contribution in [0, 0.1) is 10.1 Å². The van der Waals surface area contributed by atoms with Crippen molar-refractivity contribution in [3.05, 3.63) is 28.4 Å². The van der Waals surface area contributed by atoms with Crippen molar-refractivity contribution in [2.45, 2.75) is 32.7 Å². The van der Waals surface area contributed by atoms with Gasteiger partial charge in [-0.15, -0.1) is 0 Å². The highest BCUT2D eigenvalue weighted by molar-refractivity contribution is 5.47. The van der Waals surface area contributed by atoms with Crippen LogP contribution in [-0.2, 0) is 0 Å². The second kappa shape index (κ2) is 6.90. The molecule has 6 nitrogen and oxygen atoms in total. The summed E-state index contributed by atoms with van der Waals surface area (Å²) >= 11 is 0. The molecule has 1 rings (SSSR count). The van der Waals surface area contributed by atoms with Crippen LogP contribution in [-0.4, -0.2) is 34.2 Å². The normalized spacial score (nSPS) is 10.7. The third-order valence-corrected chi connectivity index (χ3v) is 2.96. The lowest BCUT2D eigenvalue weighted by atomic mass is 10.1. The van der Waals surface area contributed by atoms with Crippen molar-refractivity contribution < 1.29 is 10.0 Å².